The molecule has 0 aromatic carbocycles. The van der Waals surface area contributed by atoms with Gasteiger partial charge in [-0.3, -0.25) is 9.11 Å². The van der Waals surface area contributed by atoms with Crippen molar-refractivity contribution in [2.75, 3.05) is 6.61 Å². The standard InChI is InChI=1S/C3H9NO.H2O4S/c1-3(4)2-5;1-5(2,3)4/h3,5H,2,4H2,1H3;(H2,1,2,3,4). The van der Waals surface area contributed by atoms with Crippen molar-refractivity contribution in [1.82, 2.24) is 0 Å². The van der Waals surface area contributed by atoms with Gasteiger partial charge in [-0.15, -0.1) is 0 Å². The summed E-state index contributed by atoms with van der Waals surface area (Å²) >= 11 is 0. The average molecular weight is 173 g/mol. The molecule has 0 rings (SSSR count). The molecule has 1 unspecified atom stereocenters. The molecule has 0 heterocycles. The van der Waals surface area contributed by atoms with E-state index in [2.05, 4.69) is 0 Å². The summed E-state index contributed by atoms with van der Waals surface area (Å²) in [6.07, 6.45) is 0. The Labute approximate surface area is 59.2 Å². The average Bonchev–Trinajstić information content (AvgIpc) is 1.61. The summed E-state index contributed by atoms with van der Waals surface area (Å²) in [5, 5.41) is 8.02. The molecule has 0 aliphatic carbocycles. The number of hydrogen-bond donors (Lipinski definition) is 4. The fourth-order valence-electron chi connectivity index (χ4n) is 0. The van der Waals surface area contributed by atoms with Gasteiger partial charge in [0.25, 0.3) is 0 Å². The van der Waals surface area contributed by atoms with Gasteiger partial charge in [-0.25, -0.2) is 0 Å². The second-order valence-electron chi connectivity index (χ2n) is 1.61. The van der Waals surface area contributed by atoms with Crippen molar-refractivity contribution in [3.8, 4) is 0 Å². The summed E-state index contributed by atoms with van der Waals surface area (Å²) in [7, 11) is -4.67. The summed E-state index contributed by atoms with van der Waals surface area (Å²) in [6.45, 7) is 1.83. The highest BCUT2D eigenvalue weighted by Gasteiger charge is 1.84. The Hall–Kier alpha value is -0.210. The van der Waals surface area contributed by atoms with E-state index < -0.39 is 10.4 Å². The first kappa shape index (κ1) is 12.5. The van der Waals surface area contributed by atoms with E-state index >= 15 is 0 Å². The molecule has 0 fully saturated rings. The molecule has 0 radical (unpaired) electrons. The smallest absolute Gasteiger partial charge is 0.394 e. The molecule has 64 valence electrons. The van der Waals surface area contributed by atoms with E-state index in [1.165, 1.54) is 0 Å². The molecule has 0 amide bonds. The number of rotatable bonds is 1. The lowest BCUT2D eigenvalue weighted by molar-refractivity contribution is 0.273. The Balaban J connectivity index is 0. The number of nitrogens with two attached hydrogens (primary N) is 1. The summed E-state index contributed by atoms with van der Waals surface area (Å²) < 4.78 is 31.6. The topological polar surface area (TPSA) is 121 Å². The van der Waals surface area contributed by atoms with E-state index in [1.807, 2.05) is 0 Å². The predicted molar refractivity (Wildman–Crippen MR) is 34.9 cm³/mol. The largest absolute Gasteiger partial charge is 0.395 e. The molecule has 1 atom stereocenters. The van der Waals surface area contributed by atoms with Crippen molar-refractivity contribution in [1.29, 1.82) is 0 Å². The fourth-order valence-corrected chi connectivity index (χ4v) is 0. The highest BCUT2D eigenvalue weighted by molar-refractivity contribution is 7.79. The number of aliphatic hydroxyl groups excluding tert-OH is 1. The van der Waals surface area contributed by atoms with Gasteiger partial charge in [0, 0.05) is 6.04 Å². The number of hydrogen-bond acceptors (Lipinski definition) is 4. The maximum atomic E-state index is 8.74. The summed E-state index contributed by atoms with van der Waals surface area (Å²) in [5.74, 6) is 0. The Morgan fingerprint density at radius 1 is 1.50 bits per heavy atom. The van der Waals surface area contributed by atoms with Crippen molar-refractivity contribution < 1.29 is 22.6 Å². The van der Waals surface area contributed by atoms with Crippen LogP contribution in [0.25, 0.3) is 0 Å². The molecule has 6 nitrogen and oxygen atoms in total. The van der Waals surface area contributed by atoms with Crippen LogP contribution in [0.15, 0.2) is 0 Å². The molecule has 0 aromatic heterocycles. The SMILES string of the molecule is CC(N)CO.O=S(=O)(O)O. The molecule has 0 spiro atoms. The zero-order valence-corrected chi connectivity index (χ0v) is 6.24. The second kappa shape index (κ2) is 5.57. The zero-order chi connectivity index (χ0) is 8.78. The van der Waals surface area contributed by atoms with Crippen LogP contribution >= 0.6 is 0 Å². The first-order valence-corrected chi connectivity index (χ1v) is 3.73. The van der Waals surface area contributed by atoms with Crippen molar-refractivity contribution >= 4 is 10.4 Å². The third-order valence-corrected chi connectivity index (χ3v) is 0.288. The predicted octanol–water partition coefficient (Wildman–Crippen LogP) is -1.33. The Bertz CT molecular complexity index is 142. The maximum Gasteiger partial charge on any atom is 0.394 e. The molecule has 0 saturated heterocycles. The van der Waals surface area contributed by atoms with Crippen LogP contribution in [-0.2, 0) is 10.4 Å². The monoisotopic (exact) mass is 173 g/mol. The lowest BCUT2D eigenvalue weighted by Crippen LogP contribution is -2.18. The van der Waals surface area contributed by atoms with Crippen LogP contribution in [0.2, 0.25) is 0 Å². The summed E-state index contributed by atoms with van der Waals surface area (Å²) in [5.41, 5.74) is 5.04. The van der Waals surface area contributed by atoms with Gasteiger partial charge in [0.05, 0.1) is 6.61 Å². The Morgan fingerprint density at radius 2 is 1.60 bits per heavy atom. The minimum absolute atomic E-state index is 0.0602. The van der Waals surface area contributed by atoms with Gasteiger partial charge in [0.1, 0.15) is 0 Å². The molecule has 0 aromatic rings. The lowest BCUT2D eigenvalue weighted by Gasteiger charge is -1.91. The number of aliphatic hydroxyl groups is 1. The lowest BCUT2D eigenvalue weighted by atomic mass is 10.4. The first-order chi connectivity index (χ1) is 4.27. The van der Waals surface area contributed by atoms with Crippen molar-refractivity contribution in [3.05, 3.63) is 0 Å². The third kappa shape index (κ3) is 112. The minimum atomic E-state index is -4.67. The van der Waals surface area contributed by atoms with Gasteiger partial charge in [-0.2, -0.15) is 8.42 Å². The van der Waals surface area contributed by atoms with Crippen molar-refractivity contribution in [2.45, 2.75) is 13.0 Å². The van der Waals surface area contributed by atoms with E-state index in [9.17, 15) is 0 Å². The van der Waals surface area contributed by atoms with E-state index in [1.54, 1.807) is 6.92 Å². The van der Waals surface area contributed by atoms with Gasteiger partial charge in [0.2, 0.25) is 0 Å². The normalized spacial score (nSPS) is 13.3. The van der Waals surface area contributed by atoms with E-state index in [0.29, 0.717) is 0 Å². The van der Waals surface area contributed by atoms with Crippen LogP contribution in [-0.4, -0.2) is 35.3 Å². The fraction of sp³-hybridized carbons (Fsp3) is 1.00. The van der Waals surface area contributed by atoms with Crippen LogP contribution in [0, 0.1) is 0 Å². The summed E-state index contributed by atoms with van der Waals surface area (Å²) in [6, 6.07) is -0.0602. The van der Waals surface area contributed by atoms with Gasteiger partial charge in [-0.05, 0) is 6.92 Å². The van der Waals surface area contributed by atoms with E-state index in [-0.39, 0.29) is 12.6 Å². The second-order valence-corrected chi connectivity index (χ2v) is 2.50. The molecule has 0 aliphatic rings. The highest BCUT2D eigenvalue weighted by atomic mass is 32.3. The first-order valence-electron chi connectivity index (χ1n) is 2.33. The molecule has 0 bridgehead atoms. The van der Waals surface area contributed by atoms with Gasteiger partial charge >= 0.3 is 10.4 Å². The van der Waals surface area contributed by atoms with Crippen molar-refractivity contribution in [3.63, 3.8) is 0 Å². The van der Waals surface area contributed by atoms with E-state index in [4.69, 9.17) is 28.4 Å². The van der Waals surface area contributed by atoms with E-state index in [0.717, 1.165) is 0 Å². The van der Waals surface area contributed by atoms with Gasteiger partial charge in [0.15, 0.2) is 0 Å². The molecular weight excluding hydrogens is 162 g/mol. The van der Waals surface area contributed by atoms with Crippen LogP contribution in [0.5, 0.6) is 0 Å². The van der Waals surface area contributed by atoms with Crippen LogP contribution < -0.4 is 5.73 Å². The molecule has 7 heteroatoms. The molecular formula is C3H11NO5S. The maximum absolute atomic E-state index is 8.74. The van der Waals surface area contributed by atoms with Crippen LogP contribution in [0.3, 0.4) is 0 Å². The van der Waals surface area contributed by atoms with Gasteiger partial charge in [-0.1, -0.05) is 0 Å². The highest BCUT2D eigenvalue weighted by Crippen LogP contribution is 1.62. The minimum Gasteiger partial charge on any atom is -0.395 e. The van der Waals surface area contributed by atoms with Crippen LogP contribution in [0.4, 0.5) is 0 Å². The zero-order valence-electron chi connectivity index (χ0n) is 5.43. The quantitative estimate of drug-likeness (QED) is 0.365. The third-order valence-electron chi connectivity index (χ3n) is 0.288. The Morgan fingerprint density at radius 3 is 1.60 bits per heavy atom. The Kier molecular flexibility index (Phi) is 6.94. The molecule has 0 aliphatic heterocycles. The van der Waals surface area contributed by atoms with Crippen molar-refractivity contribution in [2.24, 2.45) is 5.73 Å². The van der Waals surface area contributed by atoms with Crippen LogP contribution in [0.1, 0.15) is 6.92 Å². The molecule has 0 saturated carbocycles. The molecule has 5 N–H and O–H groups in total. The molecule has 10 heavy (non-hydrogen) atoms. The summed E-state index contributed by atoms with van der Waals surface area (Å²) in [4.78, 5) is 0. The van der Waals surface area contributed by atoms with Gasteiger partial charge < -0.3 is 10.8 Å².